The fraction of sp³-hybridized carbons (Fsp3) is 0.375. The maximum Gasteiger partial charge on any atom is 0.322 e. The minimum atomic E-state index is -0.0826. The van der Waals surface area contributed by atoms with E-state index in [1.54, 1.807) is 18.0 Å². The van der Waals surface area contributed by atoms with Gasteiger partial charge in [0.25, 0.3) is 0 Å². The van der Waals surface area contributed by atoms with E-state index in [1.807, 2.05) is 23.2 Å². The van der Waals surface area contributed by atoms with Crippen molar-refractivity contribution in [2.45, 2.75) is 19.5 Å². The number of fused-ring (bicyclic) bond motifs is 1. The first-order valence-corrected chi connectivity index (χ1v) is 7.40. The van der Waals surface area contributed by atoms with Crippen LogP contribution >= 0.6 is 0 Å². The lowest BCUT2D eigenvalue weighted by atomic mass is 10.0. The van der Waals surface area contributed by atoms with E-state index in [4.69, 9.17) is 4.74 Å². The molecule has 1 aliphatic rings. The molecule has 1 aromatic heterocycles. The summed E-state index contributed by atoms with van der Waals surface area (Å²) in [6, 6.07) is 8.19. The molecular formula is C16H20N4O2. The number of hydrogen-bond acceptors (Lipinski definition) is 3. The second kappa shape index (κ2) is 6.62. The Morgan fingerprint density at radius 3 is 3.00 bits per heavy atom. The van der Waals surface area contributed by atoms with Crippen molar-refractivity contribution < 1.29 is 9.53 Å². The molecule has 3 rings (SSSR count). The molecule has 0 radical (unpaired) electrons. The Kier molecular flexibility index (Phi) is 4.39. The first-order valence-electron chi connectivity index (χ1n) is 7.40. The van der Waals surface area contributed by atoms with Gasteiger partial charge in [-0.25, -0.2) is 4.79 Å². The van der Waals surface area contributed by atoms with E-state index in [0.717, 1.165) is 13.0 Å². The Bertz CT molecular complexity index is 653. The molecule has 0 fully saturated rings. The van der Waals surface area contributed by atoms with Crippen molar-refractivity contribution in [3.63, 3.8) is 0 Å². The summed E-state index contributed by atoms with van der Waals surface area (Å²) in [5, 5.41) is 7.09. The van der Waals surface area contributed by atoms with Crippen molar-refractivity contribution >= 4 is 11.7 Å². The van der Waals surface area contributed by atoms with E-state index >= 15 is 0 Å². The third-order valence-corrected chi connectivity index (χ3v) is 3.83. The number of hydrogen-bond donors (Lipinski definition) is 1. The maximum atomic E-state index is 12.4. The van der Waals surface area contributed by atoms with Gasteiger partial charge in [-0.05, 0) is 17.5 Å². The first kappa shape index (κ1) is 14.6. The van der Waals surface area contributed by atoms with Crippen molar-refractivity contribution in [3.8, 4) is 0 Å². The summed E-state index contributed by atoms with van der Waals surface area (Å²) >= 11 is 0. The highest BCUT2D eigenvalue weighted by Gasteiger charge is 2.20. The van der Waals surface area contributed by atoms with Crippen LogP contribution in [0.1, 0.15) is 11.1 Å². The van der Waals surface area contributed by atoms with Crippen molar-refractivity contribution in [3.05, 3.63) is 47.8 Å². The molecule has 0 bridgehead atoms. The number of amides is 2. The van der Waals surface area contributed by atoms with Crippen LogP contribution in [0.2, 0.25) is 0 Å². The number of ether oxygens (including phenoxy) is 1. The monoisotopic (exact) mass is 300 g/mol. The summed E-state index contributed by atoms with van der Waals surface area (Å²) in [4.78, 5) is 14.2. The molecule has 2 aromatic rings. The van der Waals surface area contributed by atoms with Gasteiger partial charge in [0.05, 0.1) is 25.0 Å². The van der Waals surface area contributed by atoms with Crippen LogP contribution in [-0.4, -0.2) is 41.0 Å². The zero-order valence-electron chi connectivity index (χ0n) is 12.7. The lowest BCUT2D eigenvalue weighted by Gasteiger charge is -2.28. The first-order chi connectivity index (χ1) is 10.8. The number of methoxy groups -OCH3 is 1. The van der Waals surface area contributed by atoms with Crippen LogP contribution in [0.4, 0.5) is 10.5 Å². The van der Waals surface area contributed by atoms with Gasteiger partial charge in [0, 0.05) is 26.4 Å². The number of aromatic nitrogens is 2. The maximum absolute atomic E-state index is 12.4. The highest BCUT2D eigenvalue weighted by Crippen LogP contribution is 2.19. The molecule has 6 heteroatoms. The van der Waals surface area contributed by atoms with Gasteiger partial charge in [0.15, 0.2) is 0 Å². The molecule has 22 heavy (non-hydrogen) atoms. The van der Waals surface area contributed by atoms with E-state index in [0.29, 0.717) is 25.4 Å². The van der Waals surface area contributed by atoms with Gasteiger partial charge in [-0.3, -0.25) is 4.68 Å². The molecule has 0 aliphatic carbocycles. The van der Waals surface area contributed by atoms with Gasteiger partial charge >= 0.3 is 6.03 Å². The molecule has 1 N–H and O–H groups in total. The summed E-state index contributed by atoms with van der Waals surface area (Å²) in [6.45, 7) is 2.65. The molecule has 2 heterocycles. The Morgan fingerprint density at radius 1 is 1.36 bits per heavy atom. The smallest absolute Gasteiger partial charge is 0.322 e. The van der Waals surface area contributed by atoms with Gasteiger partial charge in [-0.1, -0.05) is 24.3 Å². The molecule has 0 spiro atoms. The second-order valence-corrected chi connectivity index (χ2v) is 5.36. The molecule has 1 aromatic carbocycles. The van der Waals surface area contributed by atoms with E-state index in [9.17, 15) is 4.79 Å². The zero-order valence-corrected chi connectivity index (χ0v) is 12.7. The van der Waals surface area contributed by atoms with Crippen molar-refractivity contribution in [1.82, 2.24) is 14.7 Å². The molecule has 0 saturated heterocycles. The van der Waals surface area contributed by atoms with Crippen LogP contribution in [0.25, 0.3) is 0 Å². The average Bonchev–Trinajstić information content (AvgIpc) is 2.99. The van der Waals surface area contributed by atoms with Crippen LogP contribution in [0.15, 0.2) is 36.7 Å². The lowest BCUT2D eigenvalue weighted by molar-refractivity contribution is 0.183. The number of benzene rings is 1. The molecule has 0 atom stereocenters. The predicted molar refractivity (Wildman–Crippen MR) is 83.7 cm³/mol. The number of anilines is 1. The van der Waals surface area contributed by atoms with Gasteiger partial charge in [-0.15, -0.1) is 0 Å². The molecular weight excluding hydrogens is 280 g/mol. The number of urea groups is 1. The largest absolute Gasteiger partial charge is 0.383 e. The minimum absolute atomic E-state index is 0.0826. The fourth-order valence-corrected chi connectivity index (χ4v) is 2.61. The number of rotatable bonds is 4. The quantitative estimate of drug-likeness (QED) is 0.941. The van der Waals surface area contributed by atoms with Crippen molar-refractivity contribution in [2.75, 3.05) is 25.6 Å². The van der Waals surface area contributed by atoms with E-state index < -0.39 is 0 Å². The normalized spacial score (nSPS) is 13.8. The van der Waals surface area contributed by atoms with Gasteiger partial charge in [-0.2, -0.15) is 5.10 Å². The summed E-state index contributed by atoms with van der Waals surface area (Å²) in [5.41, 5.74) is 3.26. The number of carbonyl (C=O) groups excluding carboxylic acids is 1. The summed E-state index contributed by atoms with van der Waals surface area (Å²) in [6.07, 6.45) is 4.37. The number of nitrogens with zero attached hydrogens (tertiary/aromatic N) is 3. The number of carbonyl (C=O) groups is 1. The Morgan fingerprint density at radius 2 is 2.18 bits per heavy atom. The van der Waals surface area contributed by atoms with Crippen LogP contribution in [0.5, 0.6) is 0 Å². The van der Waals surface area contributed by atoms with Crippen LogP contribution in [-0.2, 0) is 24.2 Å². The summed E-state index contributed by atoms with van der Waals surface area (Å²) < 4.78 is 6.76. The summed E-state index contributed by atoms with van der Waals surface area (Å²) in [5.74, 6) is 0. The second-order valence-electron chi connectivity index (χ2n) is 5.36. The van der Waals surface area contributed by atoms with Crippen molar-refractivity contribution in [1.29, 1.82) is 0 Å². The average molecular weight is 300 g/mol. The highest BCUT2D eigenvalue weighted by molar-refractivity contribution is 5.89. The lowest BCUT2D eigenvalue weighted by Crippen LogP contribution is -2.38. The molecule has 0 saturated carbocycles. The molecule has 6 nitrogen and oxygen atoms in total. The summed E-state index contributed by atoms with van der Waals surface area (Å²) in [7, 11) is 1.65. The minimum Gasteiger partial charge on any atom is -0.383 e. The molecule has 2 amide bonds. The molecule has 0 unspecified atom stereocenters. The van der Waals surface area contributed by atoms with Crippen LogP contribution in [0, 0.1) is 0 Å². The Labute approximate surface area is 129 Å². The third kappa shape index (κ3) is 3.28. The standard InChI is InChI=1S/C16H20N4O2/c1-22-9-8-20-12-15(10-17-20)18-16(21)19-7-6-13-4-2-3-5-14(13)11-19/h2-5,10,12H,6-9,11H2,1H3,(H,18,21). The van der Waals surface area contributed by atoms with Gasteiger partial charge < -0.3 is 15.0 Å². The third-order valence-electron chi connectivity index (χ3n) is 3.83. The van der Waals surface area contributed by atoms with E-state index in [-0.39, 0.29) is 6.03 Å². The fourth-order valence-electron chi connectivity index (χ4n) is 2.61. The predicted octanol–water partition coefficient (Wildman–Crippen LogP) is 2.12. The molecule has 1 aliphatic heterocycles. The SMILES string of the molecule is COCCn1cc(NC(=O)N2CCc3ccccc3C2)cn1. The Hall–Kier alpha value is -2.34. The Balaban J connectivity index is 1.60. The van der Waals surface area contributed by atoms with Gasteiger partial charge in [0.1, 0.15) is 0 Å². The van der Waals surface area contributed by atoms with E-state index in [2.05, 4.69) is 22.5 Å². The number of nitrogens with one attached hydrogen (secondary N) is 1. The van der Waals surface area contributed by atoms with Crippen LogP contribution < -0.4 is 5.32 Å². The van der Waals surface area contributed by atoms with E-state index in [1.165, 1.54) is 11.1 Å². The van der Waals surface area contributed by atoms with Gasteiger partial charge in [0.2, 0.25) is 0 Å². The highest BCUT2D eigenvalue weighted by atomic mass is 16.5. The topological polar surface area (TPSA) is 59.4 Å². The zero-order chi connectivity index (χ0) is 15.4. The van der Waals surface area contributed by atoms with Crippen molar-refractivity contribution in [2.24, 2.45) is 0 Å². The van der Waals surface area contributed by atoms with Crippen LogP contribution in [0.3, 0.4) is 0 Å². The molecule has 116 valence electrons.